The van der Waals surface area contributed by atoms with Crippen LogP contribution in [0.1, 0.15) is 16.8 Å². The van der Waals surface area contributed by atoms with E-state index in [-0.39, 0.29) is 10.8 Å². The largest absolute Gasteiger partial charge is 0.358 e. The van der Waals surface area contributed by atoms with Crippen LogP contribution >= 0.6 is 0 Å². The normalized spacial score (nSPS) is 11.5. The highest BCUT2D eigenvalue weighted by Crippen LogP contribution is 2.25. The lowest BCUT2D eigenvalue weighted by atomic mass is 10.2. The van der Waals surface area contributed by atoms with Crippen molar-refractivity contribution in [3.63, 3.8) is 0 Å². The van der Waals surface area contributed by atoms with E-state index >= 15 is 0 Å². The molecule has 3 rings (SSSR count). The van der Waals surface area contributed by atoms with Gasteiger partial charge in [0.1, 0.15) is 4.90 Å². The Bertz CT molecular complexity index is 977. The molecule has 0 aliphatic heterocycles. The molecule has 0 saturated carbocycles. The van der Waals surface area contributed by atoms with Gasteiger partial charge in [0.05, 0.1) is 11.4 Å². The molecule has 0 aliphatic carbocycles. The van der Waals surface area contributed by atoms with E-state index in [1.165, 1.54) is 4.68 Å². The van der Waals surface area contributed by atoms with E-state index in [9.17, 15) is 8.42 Å². The predicted molar refractivity (Wildman–Crippen MR) is 92.0 cm³/mol. The summed E-state index contributed by atoms with van der Waals surface area (Å²) in [6.45, 7) is 5.46. The Morgan fingerprint density at radius 3 is 2.33 bits per heavy atom. The minimum absolute atomic E-state index is 0.159. The van der Waals surface area contributed by atoms with Crippen molar-refractivity contribution in [1.82, 2.24) is 9.78 Å². The van der Waals surface area contributed by atoms with Gasteiger partial charge < -0.3 is 4.18 Å². The van der Waals surface area contributed by atoms with Gasteiger partial charge >= 0.3 is 10.1 Å². The summed E-state index contributed by atoms with van der Waals surface area (Å²) < 4.78 is 32.2. The summed E-state index contributed by atoms with van der Waals surface area (Å²) >= 11 is 0. The third-order valence-corrected chi connectivity index (χ3v) is 4.98. The summed E-state index contributed by atoms with van der Waals surface area (Å²) in [7, 11) is -3.94. The van der Waals surface area contributed by atoms with Crippen LogP contribution in [-0.2, 0) is 10.1 Å². The van der Waals surface area contributed by atoms with Crippen LogP contribution in [0.15, 0.2) is 59.5 Å². The molecule has 0 saturated heterocycles. The second kappa shape index (κ2) is 6.13. The van der Waals surface area contributed by atoms with Crippen LogP contribution < -0.4 is 4.18 Å². The van der Waals surface area contributed by atoms with Crippen LogP contribution in [0.25, 0.3) is 5.69 Å². The molecule has 0 amide bonds. The minimum Gasteiger partial charge on any atom is -0.358 e. The van der Waals surface area contributed by atoms with Crippen molar-refractivity contribution < 1.29 is 12.6 Å². The SMILES string of the molecule is Cc1ccc(S(=O)(=O)Oc2cc(C)nn2-c2ccccc2)c(C)c1. The number of hydrogen-bond donors (Lipinski definition) is 0. The van der Waals surface area contributed by atoms with Crippen LogP contribution in [0.5, 0.6) is 5.88 Å². The first-order valence-electron chi connectivity index (χ1n) is 7.51. The fourth-order valence-electron chi connectivity index (χ4n) is 2.53. The molecular weight excluding hydrogens is 324 g/mol. The number of aromatic nitrogens is 2. The third kappa shape index (κ3) is 3.19. The molecule has 0 radical (unpaired) electrons. The summed E-state index contributed by atoms with van der Waals surface area (Å²) in [5.74, 6) is 0.165. The molecule has 2 aromatic carbocycles. The molecule has 0 N–H and O–H groups in total. The van der Waals surface area contributed by atoms with Crippen molar-refractivity contribution in [1.29, 1.82) is 0 Å². The molecular formula is C18H18N2O3S. The Morgan fingerprint density at radius 2 is 1.67 bits per heavy atom. The highest BCUT2D eigenvalue weighted by Gasteiger charge is 2.22. The van der Waals surface area contributed by atoms with Gasteiger partial charge in [-0.05, 0) is 44.5 Å². The number of benzene rings is 2. The fourth-order valence-corrected chi connectivity index (χ4v) is 3.65. The Kier molecular flexibility index (Phi) is 4.15. The van der Waals surface area contributed by atoms with Gasteiger partial charge in [0.2, 0.25) is 5.88 Å². The zero-order valence-electron chi connectivity index (χ0n) is 13.7. The molecule has 3 aromatic rings. The van der Waals surface area contributed by atoms with Crippen molar-refractivity contribution in [2.75, 3.05) is 0 Å². The van der Waals surface area contributed by atoms with Crippen molar-refractivity contribution in [2.45, 2.75) is 25.7 Å². The quantitative estimate of drug-likeness (QED) is 0.680. The van der Waals surface area contributed by atoms with E-state index in [1.807, 2.05) is 43.3 Å². The van der Waals surface area contributed by atoms with Gasteiger partial charge in [0, 0.05) is 6.07 Å². The minimum atomic E-state index is -3.94. The van der Waals surface area contributed by atoms with Gasteiger partial charge in [-0.15, -0.1) is 0 Å². The van der Waals surface area contributed by atoms with E-state index in [0.29, 0.717) is 11.3 Å². The number of nitrogens with zero attached hydrogens (tertiary/aromatic N) is 2. The second-order valence-corrected chi connectivity index (χ2v) is 7.19. The molecule has 5 nitrogen and oxygen atoms in total. The monoisotopic (exact) mass is 342 g/mol. The predicted octanol–water partition coefficient (Wildman–Crippen LogP) is 3.57. The van der Waals surface area contributed by atoms with E-state index in [0.717, 1.165) is 11.3 Å². The standard InChI is InChI=1S/C18H18N2O3S/c1-13-9-10-17(14(2)11-13)24(21,22)23-18-12-15(3)19-20(18)16-7-5-4-6-8-16/h4-12H,1-3H3. The third-order valence-electron chi connectivity index (χ3n) is 3.59. The average molecular weight is 342 g/mol. The molecule has 0 unspecified atom stereocenters. The van der Waals surface area contributed by atoms with Gasteiger partial charge in [-0.2, -0.15) is 18.2 Å². The van der Waals surface area contributed by atoms with E-state index in [4.69, 9.17) is 4.18 Å². The Hall–Kier alpha value is -2.60. The van der Waals surface area contributed by atoms with E-state index in [2.05, 4.69) is 5.10 Å². The maximum Gasteiger partial charge on any atom is 0.340 e. The summed E-state index contributed by atoms with van der Waals surface area (Å²) in [5, 5.41) is 4.32. The molecule has 24 heavy (non-hydrogen) atoms. The maximum atomic E-state index is 12.7. The lowest BCUT2D eigenvalue weighted by Gasteiger charge is -2.11. The number of para-hydroxylation sites is 1. The topological polar surface area (TPSA) is 61.2 Å². The van der Waals surface area contributed by atoms with Crippen LogP contribution in [0, 0.1) is 20.8 Å². The van der Waals surface area contributed by atoms with Crippen molar-refractivity contribution in [2.24, 2.45) is 0 Å². The van der Waals surface area contributed by atoms with Gasteiger partial charge in [-0.25, -0.2) is 0 Å². The Balaban J connectivity index is 2.02. The van der Waals surface area contributed by atoms with Crippen LogP contribution in [0.2, 0.25) is 0 Å². The van der Waals surface area contributed by atoms with Gasteiger partial charge in [0.15, 0.2) is 0 Å². The Morgan fingerprint density at radius 1 is 0.958 bits per heavy atom. The molecule has 0 spiro atoms. The molecule has 0 aliphatic rings. The molecule has 0 bridgehead atoms. The zero-order valence-corrected chi connectivity index (χ0v) is 14.5. The number of aryl methyl sites for hydroxylation is 3. The van der Waals surface area contributed by atoms with Gasteiger partial charge in [-0.1, -0.05) is 35.9 Å². The maximum absolute atomic E-state index is 12.7. The Labute approximate surface area is 141 Å². The smallest absolute Gasteiger partial charge is 0.340 e. The van der Waals surface area contributed by atoms with E-state index in [1.54, 1.807) is 32.0 Å². The first-order chi connectivity index (χ1) is 11.4. The summed E-state index contributed by atoms with van der Waals surface area (Å²) in [6.07, 6.45) is 0. The summed E-state index contributed by atoms with van der Waals surface area (Å²) in [5.41, 5.74) is 3.05. The number of rotatable bonds is 4. The molecule has 1 heterocycles. The molecule has 124 valence electrons. The molecule has 0 atom stereocenters. The van der Waals surface area contributed by atoms with Gasteiger partial charge in [-0.3, -0.25) is 0 Å². The fraction of sp³-hybridized carbons (Fsp3) is 0.167. The summed E-state index contributed by atoms with van der Waals surface area (Å²) in [6, 6.07) is 16.0. The van der Waals surface area contributed by atoms with Crippen molar-refractivity contribution >= 4 is 10.1 Å². The lowest BCUT2D eigenvalue weighted by Crippen LogP contribution is -2.14. The van der Waals surface area contributed by atoms with Gasteiger partial charge in [0.25, 0.3) is 0 Å². The zero-order chi connectivity index (χ0) is 17.3. The van der Waals surface area contributed by atoms with Crippen LogP contribution in [0.4, 0.5) is 0 Å². The van der Waals surface area contributed by atoms with Crippen molar-refractivity contribution in [3.05, 3.63) is 71.4 Å². The molecule has 1 aromatic heterocycles. The average Bonchev–Trinajstić information content (AvgIpc) is 2.87. The molecule has 0 fully saturated rings. The first kappa shape index (κ1) is 16.3. The van der Waals surface area contributed by atoms with E-state index < -0.39 is 10.1 Å². The second-order valence-electron chi connectivity index (χ2n) is 5.68. The highest BCUT2D eigenvalue weighted by atomic mass is 32.2. The molecule has 6 heteroatoms. The lowest BCUT2D eigenvalue weighted by molar-refractivity contribution is 0.464. The van der Waals surface area contributed by atoms with Crippen LogP contribution in [0.3, 0.4) is 0 Å². The van der Waals surface area contributed by atoms with Crippen molar-refractivity contribution in [3.8, 4) is 11.6 Å². The highest BCUT2D eigenvalue weighted by molar-refractivity contribution is 7.87. The number of hydrogen-bond acceptors (Lipinski definition) is 4. The summed E-state index contributed by atoms with van der Waals surface area (Å²) in [4.78, 5) is 0.159. The van der Waals surface area contributed by atoms with Crippen LogP contribution in [-0.4, -0.2) is 18.2 Å². The first-order valence-corrected chi connectivity index (χ1v) is 8.91.